The quantitative estimate of drug-likeness (QED) is 0.0201. The number of unbranched alkanes of at least 4 members (excludes halogenated alkanes) is 34. The molecule has 3 rings (SSSR count). The van der Waals surface area contributed by atoms with Gasteiger partial charge in [0.15, 0.2) is 18.9 Å². The Balaban J connectivity index is 1.46. The zero-order valence-electron chi connectivity index (χ0n) is 52.6. The zero-order chi connectivity index (χ0) is 61.9. The van der Waals surface area contributed by atoms with Crippen molar-refractivity contribution in [2.24, 2.45) is 0 Å². The molecule has 0 aliphatic carbocycles. The van der Waals surface area contributed by atoms with Crippen molar-refractivity contribution >= 4 is 5.91 Å². The van der Waals surface area contributed by atoms with Crippen molar-refractivity contribution in [1.29, 1.82) is 0 Å². The second kappa shape index (κ2) is 49.0. The summed E-state index contributed by atoms with van der Waals surface area (Å²) in [5.41, 5.74) is 0. The average molecular weight is 1220 g/mol. The molecule has 1 amide bonds. The molecule has 19 heteroatoms. The van der Waals surface area contributed by atoms with Gasteiger partial charge in [0, 0.05) is 6.42 Å². The summed E-state index contributed by atoms with van der Waals surface area (Å²) in [4.78, 5) is 13.4. The first-order valence-corrected chi connectivity index (χ1v) is 34.1. The Bertz CT molecular complexity index is 1640. The fourth-order valence-corrected chi connectivity index (χ4v) is 11.7. The largest absolute Gasteiger partial charge is 0.394 e. The predicted molar refractivity (Wildman–Crippen MR) is 328 cm³/mol. The van der Waals surface area contributed by atoms with E-state index in [4.69, 9.17) is 28.4 Å². The third-order valence-corrected chi connectivity index (χ3v) is 17.3. The highest BCUT2D eigenvalue weighted by atomic mass is 16.8. The van der Waals surface area contributed by atoms with E-state index in [1.54, 1.807) is 6.08 Å². The fraction of sp³-hybridized carbons (Fsp3) is 0.924. The summed E-state index contributed by atoms with van der Waals surface area (Å²) >= 11 is 0. The average Bonchev–Trinajstić information content (AvgIpc) is 3.10. The molecule has 0 spiro atoms. The molecule has 3 fully saturated rings. The van der Waals surface area contributed by atoms with Crippen LogP contribution in [0.25, 0.3) is 0 Å². The first kappa shape index (κ1) is 77.5. The van der Waals surface area contributed by atoms with Gasteiger partial charge in [-0.1, -0.05) is 244 Å². The van der Waals surface area contributed by atoms with Crippen LogP contribution in [-0.4, -0.2) is 193 Å². The number of carbonyl (C=O) groups excluding carboxylic acids is 1. The Kier molecular flexibility index (Phi) is 44.7. The standard InChI is InChI=1S/C66H123NO18/c1-3-5-7-9-11-13-15-17-19-21-23-24-25-26-28-30-32-34-36-38-40-42-44-54(72)67-49(50(71)43-41-39-37-35-33-31-29-27-22-20-18-16-14-12-10-8-6-4-2)48-80-64-60(78)57(75)62(52(46-69)82-64)85-66-61(79)58(76)63(53(47-70)83-66)84-65-59(77)56(74)55(73)51(45-68)81-65/h33,35,41,43,49-53,55-66,68-71,73-79H,3-32,34,36-40,42,44-48H2,1-2H3,(H,67,72)/b35-33+,43-41+. The molecule has 0 bridgehead atoms. The van der Waals surface area contributed by atoms with Crippen molar-refractivity contribution in [2.75, 3.05) is 26.4 Å². The Hall–Kier alpha value is -1.73. The Morgan fingerprint density at radius 2 is 0.753 bits per heavy atom. The lowest BCUT2D eigenvalue weighted by Gasteiger charge is -2.48. The Morgan fingerprint density at radius 1 is 0.412 bits per heavy atom. The first-order chi connectivity index (χ1) is 41.3. The predicted octanol–water partition coefficient (Wildman–Crippen LogP) is 8.27. The van der Waals surface area contributed by atoms with Crippen molar-refractivity contribution < 1.29 is 89.4 Å². The summed E-state index contributed by atoms with van der Waals surface area (Å²) in [6.45, 7) is 1.74. The van der Waals surface area contributed by atoms with Crippen molar-refractivity contribution in [3.05, 3.63) is 24.3 Å². The molecule has 0 aromatic rings. The molecule has 500 valence electrons. The van der Waals surface area contributed by atoms with Gasteiger partial charge in [-0.2, -0.15) is 0 Å². The van der Waals surface area contributed by atoms with Crippen LogP contribution in [0, 0.1) is 0 Å². The molecular weight excluding hydrogens is 1090 g/mol. The highest BCUT2D eigenvalue weighted by Gasteiger charge is 2.53. The van der Waals surface area contributed by atoms with Crippen LogP contribution in [0.4, 0.5) is 0 Å². The third-order valence-electron chi connectivity index (χ3n) is 17.3. The molecule has 19 nitrogen and oxygen atoms in total. The van der Waals surface area contributed by atoms with E-state index < -0.39 is 124 Å². The number of aliphatic hydroxyl groups excluding tert-OH is 11. The van der Waals surface area contributed by atoms with Crippen molar-refractivity contribution in [1.82, 2.24) is 5.32 Å². The molecule has 3 aliphatic heterocycles. The third kappa shape index (κ3) is 31.7. The number of ether oxygens (including phenoxy) is 6. The van der Waals surface area contributed by atoms with Crippen molar-refractivity contribution in [3.8, 4) is 0 Å². The van der Waals surface area contributed by atoms with Gasteiger partial charge in [0.1, 0.15) is 73.2 Å². The van der Waals surface area contributed by atoms with E-state index in [1.807, 2.05) is 6.08 Å². The minimum atomic E-state index is -1.98. The molecule has 12 N–H and O–H groups in total. The maximum absolute atomic E-state index is 13.4. The molecular formula is C66H123NO18. The molecule has 17 atom stereocenters. The van der Waals surface area contributed by atoms with E-state index in [9.17, 15) is 61.0 Å². The van der Waals surface area contributed by atoms with Crippen LogP contribution in [0.1, 0.15) is 258 Å². The maximum atomic E-state index is 13.4. The number of aliphatic hydroxyl groups is 11. The van der Waals surface area contributed by atoms with Crippen LogP contribution < -0.4 is 5.32 Å². The van der Waals surface area contributed by atoms with Gasteiger partial charge in [-0.25, -0.2) is 0 Å². The summed E-state index contributed by atoms with van der Waals surface area (Å²) in [5, 5.41) is 120. The summed E-state index contributed by atoms with van der Waals surface area (Å²) in [6.07, 6.45) is 27.3. The van der Waals surface area contributed by atoms with Crippen LogP contribution in [0.3, 0.4) is 0 Å². The summed E-state index contributed by atoms with van der Waals surface area (Å²) in [5.74, 6) is -0.281. The van der Waals surface area contributed by atoms with Gasteiger partial charge in [0.25, 0.3) is 0 Å². The number of amides is 1. The molecule has 3 saturated heterocycles. The number of hydrogen-bond acceptors (Lipinski definition) is 18. The molecule has 0 aromatic heterocycles. The van der Waals surface area contributed by atoms with Crippen LogP contribution in [-0.2, 0) is 33.2 Å². The van der Waals surface area contributed by atoms with E-state index in [0.29, 0.717) is 12.8 Å². The molecule has 0 saturated carbocycles. The van der Waals surface area contributed by atoms with E-state index in [1.165, 1.54) is 186 Å². The monoisotopic (exact) mass is 1220 g/mol. The molecule has 85 heavy (non-hydrogen) atoms. The molecule has 0 radical (unpaired) electrons. The molecule has 0 aromatic carbocycles. The normalized spacial score (nSPS) is 29.1. The van der Waals surface area contributed by atoms with Crippen LogP contribution >= 0.6 is 0 Å². The topological polar surface area (TPSA) is 307 Å². The lowest BCUT2D eigenvalue weighted by atomic mass is 9.96. The van der Waals surface area contributed by atoms with Gasteiger partial charge in [-0.3, -0.25) is 4.79 Å². The van der Waals surface area contributed by atoms with E-state index in [-0.39, 0.29) is 18.9 Å². The first-order valence-electron chi connectivity index (χ1n) is 34.1. The van der Waals surface area contributed by atoms with Gasteiger partial charge in [0.2, 0.25) is 5.91 Å². The van der Waals surface area contributed by atoms with Gasteiger partial charge in [-0.15, -0.1) is 0 Å². The Morgan fingerprint density at radius 3 is 1.18 bits per heavy atom. The SMILES string of the molecule is CCCCCCCCCCCCCC/C=C/CC/C=C/C(O)C(COC1OC(CO)C(OC2OC(CO)C(OC3OC(CO)C(O)C(O)C3O)C(O)C2O)C(O)C1O)NC(=O)CCCCCCCCCCCCCCCCCCCCCCCC. The fourth-order valence-electron chi connectivity index (χ4n) is 11.7. The second-order valence-electron chi connectivity index (χ2n) is 24.6. The number of allylic oxidation sites excluding steroid dienone is 3. The summed E-state index contributed by atoms with van der Waals surface area (Å²) in [7, 11) is 0. The van der Waals surface area contributed by atoms with Crippen LogP contribution in [0.5, 0.6) is 0 Å². The number of rotatable bonds is 52. The minimum absolute atomic E-state index is 0.241. The highest BCUT2D eigenvalue weighted by molar-refractivity contribution is 5.76. The van der Waals surface area contributed by atoms with E-state index in [0.717, 1.165) is 38.5 Å². The lowest BCUT2D eigenvalue weighted by Crippen LogP contribution is -2.66. The van der Waals surface area contributed by atoms with Gasteiger partial charge in [-0.05, 0) is 32.1 Å². The number of carbonyl (C=O) groups is 1. The van der Waals surface area contributed by atoms with Gasteiger partial charge in [0.05, 0.1) is 38.6 Å². The minimum Gasteiger partial charge on any atom is -0.394 e. The van der Waals surface area contributed by atoms with Crippen molar-refractivity contribution in [2.45, 2.75) is 362 Å². The van der Waals surface area contributed by atoms with Crippen LogP contribution in [0.15, 0.2) is 24.3 Å². The van der Waals surface area contributed by atoms with E-state index in [2.05, 4.69) is 31.3 Å². The summed E-state index contributed by atoms with van der Waals surface area (Å²) < 4.78 is 34.3. The molecule has 17 unspecified atom stereocenters. The van der Waals surface area contributed by atoms with Gasteiger partial charge < -0.3 is 89.9 Å². The number of nitrogens with one attached hydrogen (secondary N) is 1. The van der Waals surface area contributed by atoms with Crippen molar-refractivity contribution in [3.63, 3.8) is 0 Å². The highest BCUT2D eigenvalue weighted by Crippen LogP contribution is 2.33. The summed E-state index contributed by atoms with van der Waals surface area (Å²) in [6, 6.07) is -0.986. The smallest absolute Gasteiger partial charge is 0.220 e. The van der Waals surface area contributed by atoms with Crippen LogP contribution in [0.2, 0.25) is 0 Å². The van der Waals surface area contributed by atoms with E-state index >= 15 is 0 Å². The maximum Gasteiger partial charge on any atom is 0.220 e. The lowest BCUT2D eigenvalue weighted by molar-refractivity contribution is -0.379. The van der Waals surface area contributed by atoms with Gasteiger partial charge >= 0.3 is 0 Å². The molecule has 3 heterocycles. The Labute approximate surface area is 511 Å². The molecule has 3 aliphatic rings. The number of hydrogen-bond donors (Lipinski definition) is 12. The zero-order valence-corrected chi connectivity index (χ0v) is 52.6. The second-order valence-corrected chi connectivity index (χ2v) is 24.6.